The molecule has 3 heteroatoms. The normalized spacial score (nSPS) is 25.8. The minimum absolute atomic E-state index is 0.0822. The van der Waals surface area contributed by atoms with E-state index in [4.69, 9.17) is 0 Å². The fourth-order valence-electron chi connectivity index (χ4n) is 1.38. The lowest BCUT2D eigenvalue weighted by molar-refractivity contribution is -0.134. The molecular weight excluding hydrogens is 140 g/mol. The zero-order valence-electron chi connectivity index (χ0n) is 7.26. The van der Waals surface area contributed by atoms with Crippen LogP contribution in [0.2, 0.25) is 0 Å². The van der Waals surface area contributed by atoms with E-state index in [1.165, 1.54) is 0 Å². The highest BCUT2D eigenvalue weighted by molar-refractivity contribution is 5.82. The molecule has 0 unspecified atom stereocenters. The monoisotopic (exact) mass is 156 g/mol. The van der Waals surface area contributed by atoms with E-state index in [2.05, 4.69) is 12.2 Å². The lowest BCUT2D eigenvalue weighted by Gasteiger charge is -2.30. The smallest absolute Gasteiger partial charge is 0.239 e. The van der Waals surface area contributed by atoms with Gasteiger partial charge in [0.05, 0.1) is 6.04 Å². The van der Waals surface area contributed by atoms with Crippen molar-refractivity contribution in [2.24, 2.45) is 0 Å². The molecular formula is C8H16N2O. The summed E-state index contributed by atoms with van der Waals surface area (Å²) in [7, 11) is 1.87. The van der Waals surface area contributed by atoms with Crippen LogP contribution in [0.3, 0.4) is 0 Å². The van der Waals surface area contributed by atoms with Crippen LogP contribution >= 0.6 is 0 Å². The summed E-state index contributed by atoms with van der Waals surface area (Å²) < 4.78 is 0. The second-order valence-electron chi connectivity index (χ2n) is 3.06. The maximum Gasteiger partial charge on any atom is 0.239 e. The Morgan fingerprint density at radius 3 is 3.09 bits per heavy atom. The molecule has 0 aromatic rings. The lowest BCUT2D eigenvalue weighted by Crippen LogP contribution is -2.53. The number of piperazine rings is 1. The number of rotatable bonds is 2. The molecule has 1 fully saturated rings. The average Bonchev–Trinajstić information content (AvgIpc) is 1.99. The summed E-state index contributed by atoms with van der Waals surface area (Å²) in [6.45, 7) is 3.88. The molecule has 1 aliphatic rings. The molecule has 0 bridgehead atoms. The largest absolute Gasteiger partial charge is 0.343 e. The Morgan fingerprint density at radius 2 is 2.45 bits per heavy atom. The number of carbonyl (C=O) groups is 1. The molecule has 1 atom stereocenters. The fourth-order valence-corrected chi connectivity index (χ4v) is 1.38. The maximum absolute atomic E-state index is 11.4. The van der Waals surface area contributed by atoms with Crippen molar-refractivity contribution in [1.29, 1.82) is 0 Å². The van der Waals surface area contributed by atoms with Crippen LogP contribution in [0, 0.1) is 0 Å². The number of carbonyl (C=O) groups excluding carboxylic acids is 1. The van der Waals surface area contributed by atoms with Crippen LogP contribution in [0.15, 0.2) is 0 Å². The Morgan fingerprint density at radius 1 is 1.73 bits per heavy atom. The summed E-state index contributed by atoms with van der Waals surface area (Å²) >= 11 is 0. The van der Waals surface area contributed by atoms with Gasteiger partial charge in [-0.1, -0.05) is 13.3 Å². The van der Waals surface area contributed by atoms with Crippen LogP contribution in [-0.4, -0.2) is 37.0 Å². The quantitative estimate of drug-likeness (QED) is 0.620. The zero-order chi connectivity index (χ0) is 8.27. The van der Waals surface area contributed by atoms with E-state index in [1.54, 1.807) is 4.90 Å². The molecule has 0 aliphatic carbocycles. The molecule has 64 valence electrons. The number of hydrogen-bond donors (Lipinski definition) is 1. The van der Waals surface area contributed by atoms with Gasteiger partial charge in [-0.05, 0) is 6.42 Å². The Bertz CT molecular complexity index is 145. The standard InChI is InChI=1S/C8H16N2O/c1-3-4-7-8(11)10(2)6-5-9-7/h7,9H,3-6H2,1-2H3/t7-/m0/s1. The first-order valence-corrected chi connectivity index (χ1v) is 4.24. The third kappa shape index (κ3) is 1.93. The molecule has 0 aromatic heterocycles. The van der Waals surface area contributed by atoms with E-state index in [-0.39, 0.29) is 11.9 Å². The van der Waals surface area contributed by atoms with Crippen LogP contribution in [-0.2, 0) is 4.79 Å². The Hall–Kier alpha value is -0.570. The zero-order valence-corrected chi connectivity index (χ0v) is 7.26. The summed E-state index contributed by atoms with van der Waals surface area (Å²) in [6, 6.07) is 0.0822. The first-order chi connectivity index (χ1) is 5.25. The van der Waals surface area contributed by atoms with Crippen molar-refractivity contribution in [3.05, 3.63) is 0 Å². The summed E-state index contributed by atoms with van der Waals surface area (Å²) in [5.41, 5.74) is 0. The Labute approximate surface area is 67.8 Å². The number of hydrogen-bond acceptors (Lipinski definition) is 2. The highest BCUT2D eigenvalue weighted by atomic mass is 16.2. The van der Waals surface area contributed by atoms with E-state index in [1.807, 2.05) is 7.05 Å². The van der Waals surface area contributed by atoms with Gasteiger partial charge in [-0.3, -0.25) is 4.79 Å². The highest BCUT2D eigenvalue weighted by Gasteiger charge is 2.24. The first-order valence-electron chi connectivity index (χ1n) is 4.24. The Balaban J connectivity index is 2.44. The number of nitrogens with one attached hydrogen (secondary N) is 1. The lowest BCUT2D eigenvalue weighted by atomic mass is 10.1. The first kappa shape index (κ1) is 8.53. The van der Waals surface area contributed by atoms with Crippen molar-refractivity contribution in [2.75, 3.05) is 20.1 Å². The van der Waals surface area contributed by atoms with Crippen molar-refractivity contribution in [3.8, 4) is 0 Å². The van der Waals surface area contributed by atoms with Gasteiger partial charge in [-0.25, -0.2) is 0 Å². The van der Waals surface area contributed by atoms with Crippen molar-refractivity contribution in [2.45, 2.75) is 25.8 Å². The summed E-state index contributed by atoms with van der Waals surface area (Å²) in [5.74, 6) is 0.248. The molecule has 3 nitrogen and oxygen atoms in total. The van der Waals surface area contributed by atoms with Crippen LogP contribution in [0.4, 0.5) is 0 Å². The molecule has 1 saturated heterocycles. The van der Waals surface area contributed by atoms with Crippen LogP contribution in [0.25, 0.3) is 0 Å². The molecule has 1 N–H and O–H groups in total. The van der Waals surface area contributed by atoms with Crippen molar-refractivity contribution < 1.29 is 4.79 Å². The van der Waals surface area contributed by atoms with Gasteiger partial charge in [-0.15, -0.1) is 0 Å². The van der Waals surface area contributed by atoms with Gasteiger partial charge < -0.3 is 10.2 Å². The Kier molecular flexibility index (Phi) is 2.88. The van der Waals surface area contributed by atoms with Gasteiger partial charge >= 0.3 is 0 Å². The summed E-state index contributed by atoms with van der Waals surface area (Å²) in [6.07, 6.45) is 2.03. The molecule has 11 heavy (non-hydrogen) atoms. The van der Waals surface area contributed by atoms with Gasteiger partial charge in [0.1, 0.15) is 0 Å². The van der Waals surface area contributed by atoms with Gasteiger partial charge in [0.25, 0.3) is 0 Å². The molecule has 0 radical (unpaired) electrons. The van der Waals surface area contributed by atoms with E-state index >= 15 is 0 Å². The fraction of sp³-hybridized carbons (Fsp3) is 0.875. The van der Waals surface area contributed by atoms with Crippen molar-refractivity contribution in [1.82, 2.24) is 10.2 Å². The molecule has 1 amide bonds. The molecule has 0 aromatic carbocycles. The number of likely N-dealkylation sites (N-methyl/N-ethyl adjacent to an activating group) is 1. The molecule has 1 aliphatic heterocycles. The van der Waals surface area contributed by atoms with E-state index in [0.29, 0.717) is 0 Å². The highest BCUT2D eigenvalue weighted by Crippen LogP contribution is 2.04. The molecule has 0 saturated carbocycles. The second kappa shape index (κ2) is 3.72. The minimum atomic E-state index is 0.0822. The third-order valence-electron chi connectivity index (χ3n) is 2.09. The minimum Gasteiger partial charge on any atom is -0.343 e. The van der Waals surface area contributed by atoms with E-state index < -0.39 is 0 Å². The molecule has 0 spiro atoms. The van der Waals surface area contributed by atoms with Gasteiger partial charge in [0.15, 0.2) is 0 Å². The van der Waals surface area contributed by atoms with Gasteiger partial charge in [0, 0.05) is 20.1 Å². The molecule has 1 heterocycles. The summed E-state index contributed by atoms with van der Waals surface area (Å²) in [4.78, 5) is 13.2. The van der Waals surface area contributed by atoms with Gasteiger partial charge in [-0.2, -0.15) is 0 Å². The third-order valence-corrected chi connectivity index (χ3v) is 2.09. The van der Waals surface area contributed by atoms with E-state index in [9.17, 15) is 4.79 Å². The SMILES string of the molecule is CCC[C@@H]1NCCN(C)C1=O. The van der Waals surface area contributed by atoms with Crippen molar-refractivity contribution in [3.63, 3.8) is 0 Å². The number of amides is 1. The topological polar surface area (TPSA) is 32.3 Å². The summed E-state index contributed by atoms with van der Waals surface area (Å²) in [5, 5.41) is 3.21. The van der Waals surface area contributed by atoms with Gasteiger partial charge in [0.2, 0.25) is 5.91 Å². The van der Waals surface area contributed by atoms with Crippen molar-refractivity contribution >= 4 is 5.91 Å². The van der Waals surface area contributed by atoms with Crippen LogP contribution in [0.5, 0.6) is 0 Å². The predicted octanol–water partition coefficient (Wildman–Crippen LogP) is 0.217. The van der Waals surface area contributed by atoms with Crippen LogP contribution < -0.4 is 5.32 Å². The average molecular weight is 156 g/mol. The maximum atomic E-state index is 11.4. The predicted molar refractivity (Wildman–Crippen MR) is 44.3 cm³/mol. The second-order valence-corrected chi connectivity index (χ2v) is 3.06. The molecule has 1 rings (SSSR count). The van der Waals surface area contributed by atoms with Crippen LogP contribution in [0.1, 0.15) is 19.8 Å². The number of nitrogens with zero attached hydrogens (tertiary/aromatic N) is 1. The van der Waals surface area contributed by atoms with E-state index in [0.717, 1.165) is 25.9 Å².